The van der Waals surface area contributed by atoms with E-state index in [0.717, 1.165) is 17.5 Å². The van der Waals surface area contributed by atoms with Crippen LogP contribution < -0.4 is 10.2 Å². The van der Waals surface area contributed by atoms with Crippen LogP contribution in [0.3, 0.4) is 0 Å². The summed E-state index contributed by atoms with van der Waals surface area (Å²) < 4.78 is 14.4. The molecule has 158 valence electrons. The van der Waals surface area contributed by atoms with Crippen LogP contribution in [0.1, 0.15) is 39.3 Å². The Labute approximate surface area is 185 Å². The minimum Gasteiger partial charge on any atom is -0.322 e. The van der Waals surface area contributed by atoms with Crippen LogP contribution in [0.25, 0.3) is 0 Å². The van der Waals surface area contributed by atoms with Crippen LogP contribution in [-0.4, -0.2) is 17.6 Å². The Morgan fingerprint density at radius 2 is 1.81 bits per heavy atom. The lowest BCUT2D eigenvalue weighted by Crippen LogP contribution is -2.28. The summed E-state index contributed by atoms with van der Waals surface area (Å²) in [4.78, 5) is 26.5. The van der Waals surface area contributed by atoms with Gasteiger partial charge in [-0.05, 0) is 66.4 Å². The lowest BCUT2D eigenvalue weighted by atomic mass is 10.1. The zero-order chi connectivity index (χ0) is 22.0. The number of anilines is 2. The van der Waals surface area contributed by atoms with E-state index in [9.17, 15) is 14.0 Å². The molecule has 1 saturated heterocycles. The molecule has 0 radical (unpaired) electrons. The van der Waals surface area contributed by atoms with Gasteiger partial charge in [0.15, 0.2) is 0 Å². The van der Waals surface area contributed by atoms with Gasteiger partial charge in [0.25, 0.3) is 5.91 Å². The first-order valence-corrected chi connectivity index (χ1v) is 11.2. The summed E-state index contributed by atoms with van der Waals surface area (Å²) in [5.74, 6) is -0.411. The van der Waals surface area contributed by atoms with Crippen molar-refractivity contribution in [2.24, 2.45) is 0 Å². The molecule has 1 heterocycles. The fourth-order valence-electron chi connectivity index (χ4n) is 3.56. The molecule has 1 aliphatic heterocycles. The summed E-state index contributed by atoms with van der Waals surface area (Å²) in [6.07, 6.45) is 0.925. The number of benzene rings is 3. The smallest absolute Gasteiger partial charge is 0.255 e. The van der Waals surface area contributed by atoms with Crippen molar-refractivity contribution in [3.8, 4) is 0 Å². The number of halogens is 1. The summed E-state index contributed by atoms with van der Waals surface area (Å²) in [7, 11) is 0. The van der Waals surface area contributed by atoms with E-state index in [4.69, 9.17) is 0 Å². The Hall–Kier alpha value is -3.12. The van der Waals surface area contributed by atoms with Crippen molar-refractivity contribution in [2.45, 2.75) is 25.6 Å². The third kappa shape index (κ3) is 4.49. The predicted molar refractivity (Wildman–Crippen MR) is 124 cm³/mol. The molecule has 3 aromatic carbocycles. The number of carbonyl (C=O) groups excluding carboxylic acids is 2. The van der Waals surface area contributed by atoms with Crippen LogP contribution in [-0.2, 0) is 11.2 Å². The van der Waals surface area contributed by atoms with Gasteiger partial charge in [-0.1, -0.05) is 37.3 Å². The molecule has 1 atom stereocenters. The van der Waals surface area contributed by atoms with E-state index < -0.39 is 5.82 Å². The second-order valence-electron chi connectivity index (χ2n) is 7.51. The fourth-order valence-corrected chi connectivity index (χ4v) is 4.73. The van der Waals surface area contributed by atoms with E-state index in [0.29, 0.717) is 22.7 Å². The van der Waals surface area contributed by atoms with Gasteiger partial charge in [-0.3, -0.25) is 14.5 Å². The molecular formula is C25H23FN2O2S. The minimum absolute atomic E-state index is 0.118. The minimum atomic E-state index is -0.413. The normalized spacial score (nSPS) is 15.9. The molecule has 4 nitrogen and oxygen atoms in total. The molecule has 0 unspecified atom stereocenters. The van der Waals surface area contributed by atoms with Crippen molar-refractivity contribution >= 4 is 35.0 Å². The molecule has 0 bridgehead atoms. The molecule has 0 aliphatic carbocycles. The maximum Gasteiger partial charge on any atom is 0.255 e. The second kappa shape index (κ2) is 8.94. The number of nitrogens with one attached hydrogen (secondary N) is 1. The van der Waals surface area contributed by atoms with Crippen LogP contribution in [0, 0.1) is 12.7 Å². The molecule has 2 amide bonds. The first-order chi connectivity index (χ1) is 15.0. The van der Waals surface area contributed by atoms with Gasteiger partial charge in [-0.2, -0.15) is 0 Å². The quantitative estimate of drug-likeness (QED) is 0.558. The Morgan fingerprint density at radius 3 is 2.48 bits per heavy atom. The summed E-state index contributed by atoms with van der Waals surface area (Å²) in [6, 6.07) is 19.7. The Kier molecular flexibility index (Phi) is 6.09. The van der Waals surface area contributed by atoms with E-state index >= 15 is 0 Å². The van der Waals surface area contributed by atoms with Gasteiger partial charge in [-0.15, -0.1) is 11.8 Å². The van der Waals surface area contributed by atoms with Gasteiger partial charge < -0.3 is 5.32 Å². The van der Waals surface area contributed by atoms with Crippen molar-refractivity contribution in [1.82, 2.24) is 0 Å². The van der Waals surface area contributed by atoms with Crippen molar-refractivity contribution < 1.29 is 14.0 Å². The van der Waals surface area contributed by atoms with Crippen LogP contribution in [0.5, 0.6) is 0 Å². The van der Waals surface area contributed by atoms with Crippen LogP contribution in [0.2, 0.25) is 0 Å². The SMILES string of the molecule is CCc1ccc(C(=O)Nc2ccc([C@@H]3SCC(=O)N3c3cc(C)ccc3F)cc2)cc1. The molecule has 1 N–H and O–H groups in total. The van der Waals surface area contributed by atoms with Gasteiger partial charge >= 0.3 is 0 Å². The maximum atomic E-state index is 14.4. The van der Waals surface area contributed by atoms with E-state index in [1.807, 2.05) is 55.5 Å². The Balaban J connectivity index is 1.52. The number of rotatable bonds is 5. The molecule has 6 heteroatoms. The number of hydrogen-bond donors (Lipinski definition) is 1. The number of hydrogen-bond acceptors (Lipinski definition) is 3. The zero-order valence-corrected chi connectivity index (χ0v) is 18.2. The Bertz CT molecular complexity index is 1110. The molecule has 31 heavy (non-hydrogen) atoms. The number of thioether (sulfide) groups is 1. The van der Waals surface area contributed by atoms with E-state index in [-0.39, 0.29) is 17.2 Å². The number of nitrogens with zero attached hydrogens (tertiary/aromatic N) is 1. The topological polar surface area (TPSA) is 49.4 Å². The van der Waals surface area contributed by atoms with Gasteiger partial charge in [0.05, 0.1) is 11.4 Å². The van der Waals surface area contributed by atoms with Crippen LogP contribution in [0.15, 0.2) is 66.7 Å². The third-order valence-corrected chi connectivity index (χ3v) is 6.52. The fraction of sp³-hybridized carbons (Fsp3) is 0.200. The first-order valence-electron chi connectivity index (χ1n) is 10.2. The summed E-state index contributed by atoms with van der Waals surface area (Å²) in [5, 5.41) is 2.59. The van der Waals surface area contributed by atoms with Crippen molar-refractivity contribution in [1.29, 1.82) is 0 Å². The molecule has 4 rings (SSSR count). The molecule has 0 aromatic heterocycles. The van der Waals surface area contributed by atoms with Crippen molar-refractivity contribution in [3.05, 3.63) is 94.8 Å². The maximum absolute atomic E-state index is 14.4. The predicted octanol–water partition coefficient (Wildman–Crippen LogP) is 5.73. The summed E-state index contributed by atoms with van der Waals surface area (Å²) in [5.41, 5.74) is 4.51. The number of aryl methyl sites for hydroxylation is 2. The summed E-state index contributed by atoms with van der Waals surface area (Å²) >= 11 is 1.46. The van der Waals surface area contributed by atoms with E-state index in [1.54, 1.807) is 12.1 Å². The first kappa shape index (κ1) is 21.1. The average molecular weight is 435 g/mol. The standard InChI is InChI=1S/C25H23FN2O2S/c1-3-17-5-7-18(8-6-17)24(30)27-20-11-9-19(10-12-20)25-28(23(29)15-31-25)22-14-16(2)4-13-21(22)26/h4-14,25H,3,15H2,1-2H3,(H,27,30)/t25-/m0/s1. The highest BCUT2D eigenvalue weighted by Gasteiger charge is 2.35. The lowest BCUT2D eigenvalue weighted by molar-refractivity contribution is -0.115. The molecule has 0 saturated carbocycles. The monoisotopic (exact) mass is 434 g/mol. The summed E-state index contributed by atoms with van der Waals surface area (Å²) in [6.45, 7) is 3.94. The average Bonchev–Trinajstić information content (AvgIpc) is 3.17. The van der Waals surface area contributed by atoms with Gasteiger partial charge in [0.1, 0.15) is 11.2 Å². The molecule has 1 aliphatic rings. The highest BCUT2D eigenvalue weighted by Crippen LogP contribution is 2.43. The van der Waals surface area contributed by atoms with Crippen molar-refractivity contribution in [2.75, 3.05) is 16.0 Å². The number of amides is 2. The highest BCUT2D eigenvalue weighted by molar-refractivity contribution is 8.00. The molecular weight excluding hydrogens is 411 g/mol. The van der Waals surface area contributed by atoms with Crippen LogP contribution >= 0.6 is 11.8 Å². The van der Waals surface area contributed by atoms with Gasteiger partial charge in [-0.25, -0.2) is 4.39 Å². The van der Waals surface area contributed by atoms with Crippen molar-refractivity contribution in [3.63, 3.8) is 0 Å². The molecule has 3 aromatic rings. The van der Waals surface area contributed by atoms with E-state index in [2.05, 4.69) is 12.2 Å². The second-order valence-corrected chi connectivity index (χ2v) is 8.58. The molecule has 0 spiro atoms. The zero-order valence-electron chi connectivity index (χ0n) is 17.4. The van der Waals surface area contributed by atoms with Gasteiger partial charge in [0, 0.05) is 11.3 Å². The highest BCUT2D eigenvalue weighted by atomic mass is 32.2. The van der Waals surface area contributed by atoms with Crippen LogP contribution in [0.4, 0.5) is 15.8 Å². The van der Waals surface area contributed by atoms with Gasteiger partial charge in [0.2, 0.25) is 5.91 Å². The number of carbonyl (C=O) groups is 2. The lowest BCUT2D eigenvalue weighted by Gasteiger charge is -2.25. The largest absolute Gasteiger partial charge is 0.322 e. The third-order valence-electron chi connectivity index (χ3n) is 5.31. The van der Waals surface area contributed by atoms with E-state index in [1.165, 1.54) is 28.3 Å². The Morgan fingerprint density at radius 1 is 1.10 bits per heavy atom. The molecule has 1 fully saturated rings.